The topological polar surface area (TPSA) is 93.1 Å². The van der Waals surface area contributed by atoms with Crippen molar-refractivity contribution in [3.8, 4) is 0 Å². The van der Waals surface area contributed by atoms with Crippen molar-refractivity contribution in [2.24, 2.45) is 0 Å². The van der Waals surface area contributed by atoms with E-state index in [1.165, 1.54) is 0 Å². The van der Waals surface area contributed by atoms with Crippen molar-refractivity contribution in [2.75, 3.05) is 0 Å². The van der Waals surface area contributed by atoms with E-state index in [1.807, 2.05) is 0 Å². The average Bonchev–Trinajstić information content (AvgIpc) is 2.33. The Bertz CT molecular complexity index is 319. The zero-order valence-electron chi connectivity index (χ0n) is 10.9. The van der Waals surface area contributed by atoms with Crippen molar-refractivity contribution in [3.05, 3.63) is 11.7 Å². The predicted molar refractivity (Wildman–Crippen MR) is 63.3 cm³/mol. The van der Waals surface area contributed by atoms with E-state index in [9.17, 15) is 14.7 Å². The lowest BCUT2D eigenvalue weighted by Gasteiger charge is -2.11. The molecule has 0 saturated carbocycles. The smallest absolute Gasteiger partial charge is 0.325 e. The molecule has 0 saturated heterocycles. The summed E-state index contributed by atoms with van der Waals surface area (Å²) < 4.78 is 9.44. The first kappa shape index (κ1) is 16.4. The molecule has 0 aliphatic carbocycles. The molecule has 0 amide bonds. The van der Waals surface area contributed by atoms with Crippen molar-refractivity contribution in [1.29, 1.82) is 0 Å². The number of carbonyl (C=O) groups is 2. The SMILES string of the molecule is CCC(=O)O/C(O)=C(/CCC(C)O)OC(=O)CC. The van der Waals surface area contributed by atoms with Gasteiger partial charge in [-0.05, 0) is 13.3 Å². The molecule has 18 heavy (non-hydrogen) atoms. The van der Waals surface area contributed by atoms with E-state index in [0.717, 1.165) is 0 Å². The number of carbonyl (C=O) groups excluding carboxylic acids is 2. The quantitative estimate of drug-likeness (QED) is 0.535. The number of allylic oxidation sites excluding steroid dienone is 1. The molecule has 0 aromatic heterocycles. The Morgan fingerprint density at radius 3 is 2.06 bits per heavy atom. The second-order valence-electron chi connectivity index (χ2n) is 3.77. The maximum atomic E-state index is 11.2. The number of rotatable bonds is 7. The lowest BCUT2D eigenvalue weighted by Crippen LogP contribution is -2.11. The standard InChI is InChI=1S/C12H20O6/c1-4-10(14)17-9(7-6-8(3)13)12(16)18-11(15)5-2/h8,13,16H,4-7H2,1-3H3/b12-9-. The van der Waals surface area contributed by atoms with Crippen LogP contribution in [-0.2, 0) is 19.1 Å². The summed E-state index contributed by atoms with van der Waals surface area (Å²) in [5.41, 5.74) is 0. The minimum atomic E-state index is -0.718. The van der Waals surface area contributed by atoms with Crippen LogP contribution in [-0.4, -0.2) is 28.3 Å². The second kappa shape index (κ2) is 8.52. The highest BCUT2D eigenvalue weighted by Gasteiger charge is 2.16. The van der Waals surface area contributed by atoms with E-state index in [0.29, 0.717) is 0 Å². The van der Waals surface area contributed by atoms with Crippen LogP contribution in [0.15, 0.2) is 11.7 Å². The molecule has 0 heterocycles. The van der Waals surface area contributed by atoms with Crippen molar-refractivity contribution in [3.63, 3.8) is 0 Å². The van der Waals surface area contributed by atoms with E-state index in [4.69, 9.17) is 9.84 Å². The van der Waals surface area contributed by atoms with Gasteiger partial charge >= 0.3 is 17.9 Å². The first-order valence-electron chi connectivity index (χ1n) is 5.92. The highest BCUT2D eigenvalue weighted by molar-refractivity contribution is 5.71. The third-order valence-electron chi connectivity index (χ3n) is 2.05. The van der Waals surface area contributed by atoms with Gasteiger partial charge in [0.05, 0.1) is 6.10 Å². The molecule has 1 atom stereocenters. The van der Waals surface area contributed by atoms with Crippen LogP contribution in [0.3, 0.4) is 0 Å². The molecular weight excluding hydrogens is 240 g/mol. The van der Waals surface area contributed by atoms with E-state index < -0.39 is 24.0 Å². The Hall–Kier alpha value is -1.56. The molecule has 0 spiro atoms. The third kappa shape index (κ3) is 6.90. The first-order valence-corrected chi connectivity index (χ1v) is 5.92. The van der Waals surface area contributed by atoms with Gasteiger partial charge in [0, 0.05) is 19.3 Å². The Kier molecular flexibility index (Phi) is 7.78. The molecule has 6 nitrogen and oxygen atoms in total. The molecule has 2 N–H and O–H groups in total. The molecule has 0 aliphatic heterocycles. The van der Waals surface area contributed by atoms with E-state index in [-0.39, 0.29) is 31.4 Å². The molecule has 1 unspecified atom stereocenters. The zero-order valence-corrected chi connectivity index (χ0v) is 10.9. The molecule has 6 heteroatoms. The summed E-state index contributed by atoms with van der Waals surface area (Å²) in [4.78, 5) is 22.2. The predicted octanol–water partition coefficient (Wildman–Crippen LogP) is 1.78. The van der Waals surface area contributed by atoms with Crippen molar-refractivity contribution >= 4 is 11.9 Å². The number of ether oxygens (including phenoxy) is 2. The number of aliphatic hydroxyl groups is 2. The van der Waals surface area contributed by atoms with Gasteiger partial charge in [-0.1, -0.05) is 13.8 Å². The van der Waals surface area contributed by atoms with E-state index in [1.54, 1.807) is 20.8 Å². The average molecular weight is 260 g/mol. The highest BCUT2D eigenvalue weighted by atomic mass is 16.6. The minimum absolute atomic E-state index is 0.0927. The number of aliphatic hydroxyl groups excluding tert-OH is 2. The van der Waals surface area contributed by atoms with Gasteiger partial charge in [0.25, 0.3) is 0 Å². The normalized spacial score (nSPS) is 13.6. The van der Waals surface area contributed by atoms with Gasteiger partial charge in [0.1, 0.15) is 0 Å². The van der Waals surface area contributed by atoms with Crippen LogP contribution in [0, 0.1) is 0 Å². The Balaban J connectivity index is 4.74. The summed E-state index contributed by atoms with van der Waals surface area (Å²) in [6.45, 7) is 4.74. The maximum Gasteiger partial charge on any atom is 0.325 e. The molecule has 0 rings (SSSR count). The first-order chi connectivity index (χ1) is 8.40. The van der Waals surface area contributed by atoms with Gasteiger partial charge < -0.3 is 19.7 Å². The van der Waals surface area contributed by atoms with Crippen molar-refractivity contribution in [2.45, 2.75) is 52.6 Å². The highest BCUT2D eigenvalue weighted by Crippen LogP contribution is 2.15. The van der Waals surface area contributed by atoms with Gasteiger partial charge in [-0.3, -0.25) is 9.59 Å². The summed E-state index contributed by atoms with van der Waals surface area (Å²) in [5, 5.41) is 18.7. The lowest BCUT2D eigenvalue weighted by atomic mass is 10.2. The van der Waals surface area contributed by atoms with Crippen LogP contribution in [0.2, 0.25) is 0 Å². The van der Waals surface area contributed by atoms with Gasteiger partial charge in [-0.15, -0.1) is 0 Å². The van der Waals surface area contributed by atoms with Crippen molar-refractivity contribution < 1.29 is 29.3 Å². The van der Waals surface area contributed by atoms with E-state index in [2.05, 4.69) is 4.74 Å². The molecular formula is C12H20O6. The fourth-order valence-corrected chi connectivity index (χ4v) is 0.988. The fourth-order valence-electron chi connectivity index (χ4n) is 0.988. The molecule has 0 aliphatic rings. The summed E-state index contributed by atoms with van der Waals surface area (Å²) in [5.74, 6) is -2.03. The second-order valence-corrected chi connectivity index (χ2v) is 3.77. The monoisotopic (exact) mass is 260 g/mol. The zero-order chi connectivity index (χ0) is 14.1. The summed E-state index contributed by atoms with van der Waals surface area (Å²) in [7, 11) is 0. The van der Waals surface area contributed by atoms with Crippen molar-refractivity contribution in [1.82, 2.24) is 0 Å². The Labute approximate surface area is 106 Å². The van der Waals surface area contributed by atoms with E-state index >= 15 is 0 Å². The van der Waals surface area contributed by atoms with Crippen LogP contribution in [0.1, 0.15) is 46.5 Å². The fraction of sp³-hybridized carbons (Fsp3) is 0.667. The van der Waals surface area contributed by atoms with Crippen LogP contribution < -0.4 is 0 Å². The summed E-state index contributed by atoms with van der Waals surface area (Å²) in [6.07, 6.45) is -0.00964. The van der Waals surface area contributed by atoms with Crippen LogP contribution in [0.4, 0.5) is 0 Å². The Morgan fingerprint density at radius 1 is 1.11 bits per heavy atom. The number of hydrogen-bond acceptors (Lipinski definition) is 6. The van der Waals surface area contributed by atoms with Crippen LogP contribution >= 0.6 is 0 Å². The molecule has 104 valence electrons. The third-order valence-corrected chi connectivity index (χ3v) is 2.05. The largest absolute Gasteiger partial charge is 0.478 e. The molecule has 0 radical (unpaired) electrons. The maximum absolute atomic E-state index is 11.2. The van der Waals surface area contributed by atoms with Gasteiger partial charge in [0.15, 0.2) is 5.76 Å². The summed E-state index contributed by atoms with van der Waals surface area (Å²) in [6, 6.07) is 0. The molecule has 0 aromatic rings. The minimum Gasteiger partial charge on any atom is -0.478 e. The van der Waals surface area contributed by atoms with Gasteiger partial charge in [0.2, 0.25) is 0 Å². The Morgan fingerprint density at radius 2 is 1.61 bits per heavy atom. The summed E-state index contributed by atoms with van der Waals surface area (Å²) >= 11 is 0. The van der Waals surface area contributed by atoms with Crippen LogP contribution in [0.25, 0.3) is 0 Å². The number of hydrogen-bond donors (Lipinski definition) is 2. The number of esters is 2. The lowest BCUT2D eigenvalue weighted by molar-refractivity contribution is -0.147. The molecule has 0 aromatic carbocycles. The molecule has 0 bridgehead atoms. The van der Waals surface area contributed by atoms with Gasteiger partial charge in [-0.2, -0.15) is 0 Å². The van der Waals surface area contributed by atoms with Gasteiger partial charge in [-0.25, -0.2) is 0 Å². The molecule has 0 fully saturated rings. The van der Waals surface area contributed by atoms with Crippen LogP contribution in [0.5, 0.6) is 0 Å².